The minimum absolute atomic E-state index is 0.349. The van der Waals surface area contributed by atoms with Crippen molar-refractivity contribution in [3.8, 4) is 0 Å². The zero-order valence-corrected chi connectivity index (χ0v) is 11.0. The fraction of sp³-hybridized carbons (Fsp3) is 0.286. The van der Waals surface area contributed by atoms with Gasteiger partial charge in [0.2, 0.25) is 0 Å². The van der Waals surface area contributed by atoms with Gasteiger partial charge >= 0.3 is 0 Å². The van der Waals surface area contributed by atoms with Crippen LogP contribution in [0.4, 0.5) is 11.5 Å². The number of hydrogen-bond acceptors (Lipinski definition) is 4. The molecular formula is C14H18N4. The summed E-state index contributed by atoms with van der Waals surface area (Å²) in [6.07, 6.45) is 1.72. The predicted octanol–water partition coefficient (Wildman–Crippen LogP) is 2.60. The number of benzene rings is 1. The Morgan fingerprint density at radius 1 is 1.11 bits per heavy atom. The van der Waals surface area contributed by atoms with Crippen molar-refractivity contribution in [1.29, 1.82) is 0 Å². The molecule has 0 fully saturated rings. The summed E-state index contributed by atoms with van der Waals surface area (Å²) in [5.41, 5.74) is 10.4. The number of hydrogen-bond donors (Lipinski definition) is 2. The zero-order valence-electron chi connectivity index (χ0n) is 11.0. The van der Waals surface area contributed by atoms with Crippen LogP contribution in [0.5, 0.6) is 0 Å². The van der Waals surface area contributed by atoms with Crippen molar-refractivity contribution < 1.29 is 0 Å². The quantitative estimate of drug-likeness (QED) is 0.868. The molecule has 3 N–H and O–H groups in total. The summed E-state index contributed by atoms with van der Waals surface area (Å²) in [6, 6.07) is 6.14. The normalized spacial score (nSPS) is 10.4. The van der Waals surface area contributed by atoms with Crippen LogP contribution in [0.25, 0.3) is 0 Å². The molecule has 1 aromatic heterocycles. The number of aryl methyl sites for hydroxylation is 3. The van der Waals surface area contributed by atoms with Gasteiger partial charge in [0.15, 0.2) is 0 Å². The Balaban J connectivity index is 2.30. The topological polar surface area (TPSA) is 63.8 Å². The van der Waals surface area contributed by atoms with Crippen molar-refractivity contribution in [2.24, 2.45) is 5.73 Å². The SMILES string of the molecule is Cc1cc(C)c(Nc2ccnc(CN)n2)cc1C. The molecular weight excluding hydrogens is 224 g/mol. The van der Waals surface area contributed by atoms with Crippen molar-refractivity contribution in [2.45, 2.75) is 27.3 Å². The summed E-state index contributed by atoms with van der Waals surface area (Å²) < 4.78 is 0. The lowest BCUT2D eigenvalue weighted by Gasteiger charge is -2.12. The summed E-state index contributed by atoms with van der Waals surface area (Å²) >= 11 is 0. The summed E-state index contributed by atoms with van der Waals surface area (Å²) in [7, 11) is 0. The molecule has 0 aliphatic heterocycles. The molecule has 2 rings (SSSR count). The van der Waals surface area contributed by atoms with E-state index in [0.29, 0.717) is 12.4 Å². The number of rotatable bonds is 3. The molecule has 0 atom stereocenters. The van der Waals surface area contributed by atoms with Crippen LogP contribution in [-0.2, 0) is 6.54 Å². The molecule has 0 saturated carbocycles. The smallest absolute Gasteiger partial charge is 0.144 e. The second-order valence-electron chi connectivity index (χ2n) is 4.44. The van der Waals surface area contributed by atoms with E-state index in [1.165, 1.54) is 16.7 Å². The van der Waals surface area contributed by atoms with Gasteiger partial charge in [-0.1, -0.05) is 6.07 Å². The van der Waals surface area contributed by atoms with Crippen LogP contribution in [0.3, 0.4) is 0 Å². The molecule has 0 spiro atoms. The maximum atomic E-state index is 5.53. The van der Waals surface area contributed by atoms with Crippen molar-refractivity contribution in [1.82, 2.24) is 9.97 Å². The van der Waals surface area contributed by atoms with E-state index in [2.05, 4.69) is 48.2 Å². The van der Waals surface area contributed by atoms with Gasteiger partial charge in [0.25, 0.3) is 0 Å². The third-order valence-corrected chi connectivity index (χ3v) is 2.99. The average Bonchev–Trinajstić information content (AvgIpc) is 2.36. The third kappa shape index (κ3) is 2.65. The maximum absolute atomic E-state index is 5.53. The summed E-state index contributed by atoms with van der Waals surface area (Å²) in [5.74, 6) is 1.42. The molecule has 2 aromatic rings. The highest BCUT2D eigenvalue weighted by molar-refractivity contribution is 5.62. The summed E-state index contributed by atoms with van der Waals surface area (Å²) in [5, 5.41) is 3.31. The van der Waals surface area contributed by atoms with Crippen molar-refractivity contribution in [3.05, 3.63) is 46.9 Å². The number of nitrogens with zero attached hydrogens (tertiary/aromatic N) is 2. The van der Waals surface area contributed by atoms with Crippen molar-refractivity contribution in [2.75, 3.05) is 5.32 Å². The fourth-order valence-corrected chi connectivity index (χ4v) is 1.80. The molecule has 18 heavy (non-hydrogen) atoms. The average molecular weight is 242 g/mol. The van der Waals surface area contributed by atoms with E-state index in [9.17, 15) is 0 Å². The highest BCUT2D eigenvalue weighted by Gasteiger charge is 2.03. The van der Waals surface area contributed by atoms with E-state index in [-0.39, 0.29) is 0 Å². The molecule has 0 radical (unpaired) electrons. The van der Waals surface area contributed by atoms with Crippen LogP contribution >= 0.6 is 0 Å². The Bertz CT molecular complexity index is 564. The number of nitrogens with one attached hydrogen (secondary N) is 1. The molecule has 94 valence electrons. The Labute approximate surface area is 107 Å². The highest BCUT2D eigenvalue weighted by Crippen LogP contribution is 2.22. The van der Waals surface area contributed by atoms with Crippen LogP contribution in [0, 0.1) is 20.8 Å². The molecule has 0 aliphatic carbocycles. The molecule has 0 bridgehead atoms. The van der Waals surface area contributed by atoms with Crippen LogP contribution < -0.4 is 11.1 Å². The van der Waals surface area contributed by atoms with Gasteiger partial charge in [-0.05, 0) is 49.6 Å². The van der Waals surface area contributed by atoms with E-state index in [0.717, 1.165) is 11.5 Å². The van der Waals surface area contributed by atoms with E-state index in [4.69, 9.17) is 5.73 Å². The Kier molecular flexibility index (Phi) is 3.58. The standard InChI is InChI=1S/C14H18N4/c1-9-6-11(3)12(7-10(9)2)17-13-4-5-16-14(8-15)18-13/h4-7H,8,15H2,1-3H3,(H,16,17,18). The van der Waals surface area contributed by atoms with Gasteiger partial charge in [0.1, 0.15) is 11.6 Å². The number of anilines is 2. The minimum Gasteiger partial charge on any atom is -0.340 e. The molecule has 0 amide bonds. The first-order valence-electron chi connectivity index (χ1n) is 5.97. The van der Waals surface area contributed by atoms with Gasteiger partial charge in [-0.25, -0.2) is 9.97 Å². The van der Waals surface area contributed by atoms with Crippen LogP contribution in [0.15, 0.2) is 24.4 Å². The van der Waals surface area contributed by atoms with Gasteiger partial charge < -0.3 is 11.1 Å². The number of aromatic nitrogens is 2. The first-order valence-corrected chi connectivity index (χ1v) is 5.97. The Morgan fingerprint density at radius 3 is 2.56 bits per heavy atom. The minimum atomic E-state index is 0.349. The molecule has 4 nitrogen and oxygen atoms in total. The lowest BCUT2D eigenvalue weighted by atomic mass is 10.1. The van der Waals surface area contributed by atoms with Gasteiger partial charge in [-0.3, -0.25) is 0 Å². The molecule has 0 aliphatic rings. The Hall–Kier alpha value is -1.94. The van der Waals surface area contributed by atoms with E-state index in [1.54, 1.807) is 6.20 Å². The highest BCUT2D eigenvalue weighted by atomic mass is 15.0. The maximum Gasteiger partial charge on any atom is 0.144 e. The van der Waals surface area contributed by atoms with E-state index >= 15 is 0 Å². The second-order valence-corrected chi connectivity index (χ2v) is 4.44. The first-order chi connectivity index (χ1) is 8.60. The summed E-state index contributed by atoms with van der Waals surface area (Å²) in [6.45, 7) is 6.65. The van der Waals surface area contributed by atoms with Gasteiger partial charge in [0.05, 0.1) is 6.54 Å². The second kappa shape index (κ2) is 5.14. The van der Waals surface area contributed by atoms with Crippen LogP contribution in [0.1, 0.15) is 22.5 Å². The zero-order chi connectivity index (χ0) is 13.1. The largest absolute Gasteiger partial charge is 0.340 e. The van der Waals surface area contributed by atoms with Crippen LogP contribution in [-0.4, -0.2) is 9.97 Å². The predicted molar refractivity (Wildman–Crippen MR) is 73.9 cm³/mol. The van der Waals surface area contributed by atoms with Gasteiger partial charge in [0, 0.05) is 11.9 Å². The molecule has 0 saturated heterocycles. The van der Waals surface area contributed by atoms with Gasteiger partial charge in [-0.15, -0.1) is 0 Å². The van der Waals surface area contributed by atoms with Gasteiger partial charge in [-0.2, -0.15) is 0 Å². The van der Waals surface area contributed by atoms with E-state index < -0.39 is 0 Å². The van der Waals surface area contributed by atoms with Crippen LogP contribution in [0.2, 0.25) is 0 Å². The lowest BCUT2D eigenvalue weighted by Crippen LogP contribution is -2.05. The van der Waals surface area contributed by atoms with Crippen molar-refractivity contribution in [3.63, 3.8) is 0 Å². The number of nitrogens with two attached hydrogens (primary N) is 1. The van der Waals surface area contributed by atoms with Crippen molar-refractivity contribution >= 4 is 11.5 Å². The Morgan fingerprint density at radius 2 is 1.83 bits per heavy atom. The third-order valence-electron chi connectivity index (χ3n) is 2.99. The lowest BCUT2D eigenvalue weighted by molar-refractivity contribution is 0.912. The summed E-state index contributed by atoms with van der Waals surface area (Å²) in [4.78, 5) is 8.41. The molecule has 4 heteroatoms. The molecule has 0 unspecified atom stereocenters. The first kappa shape index (κ1) is 12.5. The molecule has 1 aromatic carbocycles. The monoisotopic (exact) mass is 242 g/mol. The fourth-order valence-electron chi connectivity index (χ4n) is 1.80. The molecule has 1 heterocycles. The van der Waals surface area contributed by atoms with E-state index in [1.807, 2.05) is 6.07 Å².